The number of hydrogen-bond acceptors (Lipinski definition) is 2. The quantitative estimate of drug-likeness (QED) is 0.636. The van der Waals surface area contributed by atoms with Crippen LogP contribution in [0.4, 0.5) is 4.79 Å². The summed E-state index contributed by atoms with van der Waals surface area (Å²) in [5.41, 5.74) is 0. The van der Waals surface area contributed by atoms with Crippen molar-refractivity contribution in [3.05, 3.63) is 0 Å². The zero-order chi connectivity index (χ0) is 8.81. The second-order valence-electron chi connectivity index (χ2n) is 2.95. The molecule has 70 valence electrons. The Morgan fingerprint density at radius 2 is 2.42 bits per heavy atom. The minimum Gasteiger partial charge on any atom is -0.376 e. The summed E-state index contributed by atoms with van der Waals surface area (Å²) < 4.78 is 5.43. The summed E-state index contributed by atoms with van der Waals surface area (Å²) in [6.07, 6.45) is 3.64. The number of urea groups is 1. The van der Waals surface area contributed by atoms with Gasteiger partial charge in [-0.3, -0.25) is 0 Å². The second-order valence-corrected chi connectivity index (χ2v) is 2.95. The minimum atomic E-state index is -0.135. The van der Waals surface area contributed by atoms with Gasteiger partial charge in [-0.2, -0.15) is 0 Å². The maximum absolute atomic E-state index is 10.8. The lowest BCUT2D eigenvalue weighted by molar-refractivity contribution is 0.0185. The molecule has 1 atom stereocenters. The van der Waals surface area contributed by atoms with Gasteiger partial charge in [0.1, 0.15) is 0 Å². The van der Waals surface area contributed by atoms with Gasteiger partial charge in [0.15, 0.2) is 0 Å². The van der Waals surface area contributed by atoms with Crippen molar-refractivity contribution in [2.24, 2.45) is 0 Å². The highest BCUT2D eigenvalue weighted by molar-refractivity contribution is 5.73. The molecule has 1 heterocycles. The van der Waals surface area contributed by atoms with E-state index in [-0.39, 0.29) is 12.1 Å². The van der Waals surface area contributed by atoms with Crippen LogP contribution in [0.5, 0.6) is 0 Å². The van der Waals surface area contributed by atoms with E-state index in [1.54, 1.807) is 7.05 Å². The number of rotatable bonds is 2. The van der Waals surface area contributed by atoms with E-state index in [0.29, 0.717) is 6.54 Å². The van der Waals surface area contributed by atoms with Gasteiger partial charge >= 0.3 is 6.03 Å². The Morgan fingerprint density at radius 1 is 1.58 bits per heavy atom. The van der Waals surface area contributed by atoms with Gasteiger partial charge < -0.3 is 15.4 Å². The number of amides is 2. The van der Waals surface area contributed by atoms with Gasteiger partial charge in [0.05, 0.1) is 6.10 Å². The van der Waals surface area contributed by atoms with Crippen molar-refractivity contribution in [3.63, 3.8) is 0 Å². The third-order valence-corrected chi connectivity index (χ3v) is 1.99. The van der Waals surface area contributed by atoms with Crippen LogP contribution in [0.1, 0.15) is 19.3 Å². The zero-order valence-electron chi connectivity index (χ0n) is 7.43. The summed E-state index contributed by atoms with van der Waals surface area (Å²) in [4.78, 5) is 10.8. The summed E-state index contributed by atoms with van der Waals surface area (Å²) in [5, 5.41) is 5.23. The van der Waals surface area contributed by atoms with E-state index in [1.807, 2.05) is 0 Å². The van der Waals surface area contributed by atoms with Crippen molar-refractivity contribution in [2.75, 3.05) is 20.2 Å². The van der Waals surface area contributed by atoms with Gasteiger partial charge in [0.2, 0.25) is 0 Å². The molecule has 1 fully saturated rings. The molecule has 1 saturated heterocycles. The summed E-state index contributed by atoms with van der Waals surface area (Å²) in [5.74, 6) is 0. The first-order chi connectivity index (χ1) is 5.83. The van der Waals surface area contributed by atoms with Crippen LogP contribution in [0.15, 0.2) is 0 Å². The van der Waals surface area contributed by atoms with Crippen LogP contribution in [0.2, 0.25) is 0 Å². The molecule has 0 saturated carbocycles. The van der Waals surface area contributed by atoms with E-state index in [2.05, 4.69) is 10.6 Å². The van der Waals surface area contributed by atoms with Crippen molar-refractivity contribution in [1.82, 2.24) is 10.6 Å². The van der Waals surface area contributed by atoms with Crippen molar-refractivity contribution in [2.45, 2.75) is 25.4 Å². The topological polar surface area (TPSA) is 50.4 Å². The first-order valence-corrected chi connectivity index (χ1v) is 4.40. The number of nitrogens with one attached hydrogen (secondary N) is 2. The summed E-state index contributed by atoms with van der Waals surface area (Å²) in [6, 6.07) is -0.135. The standard InChI is InChI=1S/C8H16N2O2/c1-9-8(11)10-6-7-4-2-3-5-12-7/h7H,2-6H2,1H3,(H2,9,10,11). The van der Waals surface area contributed by atoms with Crippen molar-refractivity contribution in [3.8, 4) is 0 Å². The van der Waals surface area contributed by atoms with E-state index >= 15 is 0 Å². The van der Waals surface area contributed by atoms with Gasteiger partial charge in [-0.1, -0.05) is 0 Å². The van der Waals surface area contributed by atoms with Crippen LogP contribution >= 0.6 is 0 Å². The average molecular weight is 172 g/mol. The highest BCUT2D eigenvalue weighted by atomic mass is 16.5. The monoisotopic (exact) mass is 172 g/mol. The van der Waals surface area contributed by atoms with Gasteiger partial charge in [0, 0.05) is 20.2 Å². The van der Waals surface area contributed by atoms with Gasteiger partial charge in [0.25, 0.3) is 0 Å². The molecule has 0 aliphatic carbocycles. The van der Waals surface area contributed by atoms with E-state index in [0.717, 1.165) is 19.4 Å². The molecule has 4 heteroatoms. The Balaban J connectivity index is 2.09. The molecule has 1 rings (SSSR count). The Labute approximate surface area is 72.7 Å². The third-order valence-electron chi connectivity index (χ3n) is 1.99. The van der Waals surface area contributed by atoms with Crippen LogP contribution in [0.25, 0.3) is 0 Å². The highest BCUT2D eigenvalue weighted by Crippen LogP contribution is 2.11. The summed E-state index contributed by atoms with van der Waals surface area (Å²) >= 11 is 0. The average Bonchev–Trinajstić information content (AvgIpc) is 2.16. The predicted octanol–water partition coefficient (Wildman–Crippen LogP) is 0.484. The molecular formula is C8H16N2O2. The molecule has 4 nitrogen and oxygen atoms in total. The molecule has 0 aromatic carbocycles. The Bertz CT molecular complexity index is 144. The molecule has 0 spiro atoms. The first kappa shape index (κ1) is 9.32. The van der Waals surface area contributed by atoms with Crippen LogP contribution in [0, 0.1) is 0 Å². The smallest absolute Gasteiger partial charge is 0.314 e. The van der Waals surface area contributed by atoms with Crippen LogP contribution in [-0.2, 0) is 4.74 Å². The predicted molar refractivity (Wildman–Crippen MR) is 46.0 cm³/mol. The lowest BCUT2D eigenvalue weighted by Gasteiger charge is -2.22. The second kappa shape index (κ2) is 4.98. The van der Waals surface area contributed by atoms with Crippen molar-refractivity contribution < 1.29 is 9.53 Å². The summed E-state index contributed by atoms with van der Waals surface area (Å²) in [7, 11) is 1.61. The lowest BCUT2D eigenvalue weighted by Crippen LogP contribution is -2.39. The molecule has 2 N–H and O–H groups in total. The lowest BCUT2D eigenvalue weighted by atomic mass is 10.1. The third kappa shape index (κ3) is 3.09. The summed E-state index contributed by atoms with van der Waals surface area (Å²) in [6.45, 7) is 1.46. The Hall–Kier alpha value is -0.770. The fraction of sp³-hybridized carbons (Fsp3) is 0.875. The molecule has 0 aromatic heterocycles. The molecule has 0 bridgehead atoms. The van der Waals surface area contributed by atoms with Crippen LogP contribution in [0.3, 0.4) is 0 Å². The number of hydrogen-bond donors (Lipinski definition) is 2. The molecule has 2 amide bonds. The fourth-order valence-corrected chi connectivity index (χ4v) is 1.26. The highest BCUT2D eigenvalue weighted by Gasteiger charge is 2.13. The van der Waals surface area contributed by atoms with E-state index in [1.165, 1.54) is 6.42 Å². The van der Waals surface area contributed by atoms with Crippen LogP contribution < -0.4 is 10.6 Å². The van der Waals surface area contributed by atoms with Gasteiger partial charge in [-0.15, -0.1) is 0 Å². The van der Waals surface area contributed by atoms with Crippen LogP contribution in [-0.4, -0.2) is 32.3 Å². The Kier molecular flexibility index (Phi) is 3.87. The number of ether oxygens (including phenoxy) is 1. The minimum absolute atomic E-state index is 0.135. The maximum Gasteiger partial charge on any atom is 0.314 e. The fourth-order valence-electron chi connectivity index (χ4n) is 1.26. The SMILES string of the molecule is CNC(=O)NCC1CCCCO1. The van der Waals surface area contributed by atoms with E-state index < -0.39 is 0 Å². The van der Waals surface area contributed by atoms with Gasteiger partial charge in [-0.25, -0.2) is 4.79 Å². The van der Waals surface area contributed by atoms with E-state index in [4.69, 9.17) is 4.74 Å². The largest absolute Gasteiger partial charge is 0.376 e. The molecule has 1 unspecified atom stereocenters. The van der Waals surface area contributed by atoms with E-state index in [9.17, 15) is 4.79 Å². The molecule has 0 aromatic rings. The number of carbonyl (C=O) groups is 1. The molecule has 1 aliphatic heterocycles. The molecule has 1 aliphatic rings. The molecule has 12 heavy (non-hydrogen) atoms. The van der Waals surface area contributed by atoms with Crippen molar-refractivity contribution in [1.29, 1.82) is 0 Å². The molecular weight excluding hydrogens is 156 g/mol. The van der Waals surface area contributed by atoms with Crippen molar-refractivity contribution >= 4 is 6.03 Å². The zero-order valence-corrected chi connectivity index (χ0v) is 7.43. The Morgan fingerprint density at radius 3 is 3.00 bits per heavy atom. The normalized spacial score (nSPS) is 23.2. The van der Waals surface area contributed by atoms with Gasteiger partial charge in [-0.05, 0) is 19.3 Å². The first-order valence-electron chi connectivity index (χ1n) is 4.40. The number of carbonyl (C=O) groups excluding carboxylic acids is 1. The molecule has 0 radical (unpaired) electrons. The maximum atomic E-state index is 10.8.